The summed E-state index contributed by atoms with van der Waals surface area (Å²) in [7, 11) is -1.29. The van der Waals surface area contributed by atoms with E-state index in [2.05, 4.69) is 88.1 Å². The van der Waals surface area contributed by atoms with Crippen molar-refractivity contribution >= 4 is 26.0 Å². The summed E-state index contributed by atoms with van der Waals surface area (Å²) in [6.07, 6.45) is 1.05. The maximum absolute atomic E-state index is 5.74. The predicted molar refractivity (Wildman–Crippen MR) is 113 cm³/mol. The Morgan fingerprint density at radius 2 is 1.67 bits per heavy atom. The second-order valence-electron chi connectivity index (χ2n) is 7.04. The van der Waals surface area contributed by atoms with Crippen molar-refractivity contribution in [1.29, 1.82) is 0 Å². The van der Waals surface area contributed by atoms with Gasteiger partial charge in [-0.25, -0.2) is 6.07 Å². The van der Waals surface area contributed by atoms with Gasteiger partial charge in [0, 0.05) is 6.61 Å². The molecule has 0 unspecified atom stereocenters. The zero-order valence-corrected chi connectivity index (χ0v) is 23.4. The summed E-state index contributed by atoms with van der Waals surface area (Å²) < 4.78 is 5.74. The average molecular weight is 517 g/mol. The number of benzene rings is 1. The van der Waals surface area contributed by atoms with Gasteiger partial charge in [-0.05, 0) is 19.6 Å². The van der Waals surface area contributed by atoms with Crippen LogP contribution in [0.5, 0.6) is 0 Å². The monoisotopic (exact) mass is 514 g/mol. The Morgan fingerprint density at radius 1 is 1.04 bits per heavy atom. The molecule has 3 aromatic carbocycles. The molecular weight excluding hydrogens is 487 g/mol. The van der Waals surface area contributed by atoms with Gasteiger partial charge in [-0.1, -0.05) is 26.3 Å². The van der Waals surface area contributed by atoms with Crippen LogP contribution in [0.2, 0.25) is 19.6 Å². The van der Waals surface area contributed by atoms with Gasteiger partial charge >= 0.3 is 30.2 Å². The van der Waals surface area contributed by atoms with Gasteiger partial charge in [-0.3, -0.25) is 0 Å². The summed E-state index contributed by atoms with van der Waals surface area (Å²) >= 11 is 1.58. The molecule has 0 atom stereocenters. The number of hydrogen-bond donors (Lipinski definition) is 0. The first-order chi connectivity index (χ1) is 11.9. The fourth-order valence-electron chi connectivity index (χ4n) is 2.57. The van der Waals surface area contributed by atoms with Crippen LogP contribution in [0.1, 0.15) is 16.7 Å². The Labute approximate surface area is 195 Å². The molecule has 0 saturated heterocycles. The van der Waals surface area contributed by atoms with E-state index in [0.29, 0.717) is 0 Å². The van der Waals surface area contributed by atoms with Crippen LogP contribution in [0.15, 0.2) is 54.6 Å². The molecule has 0 N–H and O–H groups in total. The molecule has 0 spiro atoms. The summed E-state index contributed by atoms with van der Waals surface area (Å²) in [6, 6.07) is 19.2. The van der Waals surface area contributed by atoms with Crippen LogP contribution < -0.4 is 24.8 Å². The molecule has 0 amide bonds. The van der Waals surface area contributed by atoms with Gasteiger partial charge in [0.15, 0.2) is 8.32 Å². The van der Waals surface area contributed by atoms with Crippen molar-refractivity contribution in [2.24, 2.45) is 0 Å². The third kappa shape index (κ3) is 11.0. The minimum absolute atomic E-state index is 0. The van der Waals surface area contributed by atoms with E-state index in [4.69, 9.17) is 4.43 Å². The Bertz CT molecular complexity index is 749. The standard InChI is InChI=1S/C11H11.C10H17OSi.2ClH.H2Si.Zr/c1-8-7-10-5-3-4-6-11(10)9(8)2;1-12(2,3)11-9-8-10-6-4-5-7-10;;;;/h3-7H,1-2H3;4-7H,8-9H2,1-3H3;2*1H;1H2;/q2*-1;;;;+2/p-2. The first-order valence-electron chi connectivity index (χ1n) is 8.68. The second kappa shape index (κ2) is 15.0. The van der Waals surface area contributed by atoms with Gasteiger partial charge in [0.2, 0.25) is 0 Å². The molecule has 0 aliphatic carbocycles. The number of halogens is 2. The van der Waals surface area contributed by atoms with Crippen molar-refractivity contribution in [3.8, 4) is 0 Å². The van der Waals surface area contributed by atoms with E-state index in [1.54, 1.807) is 23.3 Å². The van der Waals surface area contributed by atoms with E-state index >= 15 is 0 Å². The number of aryl methyl sites for hydroxylation is 2. The topological polar surface area (TPSA) is 9.23 Å². The molecular formula is C21H30Cl2OSi2Zr-2. The second-order valence-corrected chi connectivity index (χ2v) is 11.6. The van der Waals surface area contributed by atoms with E-state index in [1.807, 2.05) is 6.88 Å². The first kappa shape index (κ1) is 29.2. The average Bonchev–Trinajstić information content (AvgIpc) is 3.18. The van der Waals surface area contributed by atoms with Crippen LogP contribution in [0.4, 0.5) is 0 Å². The van der Waals surface area contributed by atoms with Crippen LogP contribution >= 0.6 is 0 Å². The molecule has 3 rings (SSSR count). The molecule has 1 nitrogen and oxygen atoms in total. The third-order valence-electron chi connectivity index (χ3n) is 3.99. The van der Waals surface area contributed by atoms with Gasteiger partial charge in [0.25, 0.3) is 0 Å². The molecule has 0 saturated carbocycles. The predicted octanol–water partition coefficient (Wildman–Crippen LogP) is -0.936. The van der Waals surface area contributed by atoms with Gasteiger partial charge < -0.3 is 29.2 Å². The van der Waals surface area contributed by atoms with E-state index in [-0.39, 0.29) is 24.8 Å². The van der Waals surface area contributed by atoms with Gasteiger partial charge in [0.05, 0.1) is 0 Å². The van der Waals surface area contributed by atoms with E-state index in [1.165, 1.54) is 27.5 Å². The van der Waals surface area contributed by atoms with Crippen LogP contribution in [-0.4, -0.2) is 21.8 Å². The molecule has 148 valence electrons. The van der Waals surface area contributed by atoms with Crippen molar-refractivity contribution in [3.63, 3.8) is 0 Å². The van der Waals surface area contributed by atoms with Crippen LogP contribution in [0.25, 0.3) is 10.8 Å². The van der Waals surface area contributed by atoms with Crippen molar-refractivity contribution in [2.75, 3.05) is 6.61 Å². The van der Waals surface area contributed by atoms with Crippen molar-refractivity contribution < 1.29 is 52.6 Å². The molecule has 0 aliphatic rings. The summed E-state index contributed by atoms with van der Waals surface area (Å²) in [5, 5.41) is 2.76. The molecule has 0 radical (unpaired) electrons. The summed E-state index contributed by atoms with van der Waals surface area (Å²) in [6.45, 7) is 13.8. The molecule has 6 heteroatoms. The third-order valence-corrected chi connectivity index (χ3v) is 5.06. The fourth-order valence-corrected chi connectivity index (χ4v) is 3.29. The van der Waals surface area contributed by atoms with Crippen molar-refractivity contribution in [3.05, 3.63) is 71.3 Å². The fraction of sp³-hybridized carbons (Fsp3) is 0.333. The first-order valence-corrected chi connectivity index (χ1v) is 18.0. The SMILES string of the molecule is C[Si](C)(C)OCCc1cc[cH-]c1.Cc1[cH-]c2ccccc2c1C.[Cl-].[Cl-].[SiH2]=[Zr+2]. The quantitative estimate of drug-likeness (QED) is 0.322. The number of hydrogen-bond acceptors (Lipinski definition) is 1. The van der Waals surface area contributed by atoms with Crippen LogP contribution in [-0.2, 0) is 34.2 Å². The van der Waals surface area contributed by atoms with E-state index in [0.717, 1.165) is 13.0 Å². The molecule has 0 aromatic heterocycles. The van der Waals surface area contributed by atoms with Crippen molar-refractivity contribution in [1.82, 2.24) is 0 Å². The van der Waals surface area contributed by atoms with Gasteiger partial charge in [-0.15, -0.1) is 40.6 Å². The number of rotatable bonds is 4. The van der Waals surface area contributed by atoms with Gasteiger partial charge in [-0.2, -0.15) is 29.3 Å². The minimum atomic E-state index is -1.29. The molecule has 0 heterocycles. The summed E-state index contributed by atoms with van der Waals surface area (Å²) in [5.41, 5.74) is 4.19. The summed E-state index contributed by atoms with van der Waals surface area (Å²) in [5.74, 6) is 0. The normalized spacial score (nSPS) is 9.89. The molecule has 0 bridgehead atoms. The molecule has 27 heavy (non-hydrogen) atoms. The molecule has 3 aromatic rings. The Hall–Kier alpha value is 0.0369. The molecule has 0 aliphatic heterocycles. The molecule has 0 fully saturated rings. The zero-order valence-electron chi connectivity index (χ0n) is 17.0. The Balaban J connectivity index is 0. The van der Waals surface area contributed by atoms with E-state index in [9.17, 15) is 0 Å². The summed E-state index contributed by atoms with van der Waals surface area (Å²) in [4.78, 5) is 0. The maximum atomic E-state index is 5.74. The Morgan fingerprint density at radius 3 is 2.19 bits per heavy atom. The van der Waals surface area contributed by atoms with Crippen molar-refractivity contribution in [2.45, 2.75) is 39.9 Å². The van der Waals surface area contributed by atoms with Crippen LogP contribution in [0, 0.1) is 13.8 Å². The van der Waals surface area contributed by atoms with Gasteiger partial charge in [0.1, 0.15) is 0 Å². The zero-order chi connectivity index (χ0) is 18.9. The van der Waals surface area contributed by atoms with Crippen LogP contribution in [0.3, 0.4) is 0 Å². The number of fused-ring (bicyclic) bond motifs is 1. The van der Waals surface area contributed by atoms with E-state index < -0.39 is 8.32 Å². The Kier molecular flexibility index (Phi) is 16.2.